The van der Waals surface area contributed by atoms with E-state index >= 15 is 0 Å². The number of unbranched alkanes of at least 4 members (excludes halogenated alkanes) is 5. The maximum absolute atomic E-state index is 6.16. The van der Waals surface area contributed by atoms with Crippen molar-refractivity contribution in [3.63, 3.8) is 0 Å². The first-order valence-corrected chi connectivity index (χ1v) is 11.4. The summed E-state index contributed by atoms with van der Waals surface area (Å²) in [5.41, 5.74) is 0.526. The average Bonchev–Trinajstić information content (AvgIpc) is 2.78. The summed E-state index contributed by atoms with van der Waals surface area (Å²) in [7, 11) is 5.24. The van der Waals surface area contributed by atoms with Crippen LogP contribution in [0.3, 0.4) is 0 Å². The van der Waals surface area contributed by atoms with E-state index in [0.717, 1.165) is 37.7 Å². The van der Waals surface area contributed by atoms with Gasteiger partial charge in [0.1, 0.15) is 5.60 Å². The second-order valence-corrected chi connectivity index (χ2v) is 7.55. The molecule has 168 valence electrons. The zero-order chi connectivity index (χ0) is 22.0. The van der Waals surface area contributed by atoms with Crippen molar-refractivity contribution in [3.8, 4) is 0 Å². The highest BCUT2D eigenvalue weighted by atomic mass is 16.7. The third-order valence-electron chi connectivity index (χ3n) is 5.60. The highest BCUT2D eigenvalue weighted by Gasteiger charge is 2.53. The maximum Gasteiger partial charge on any atom is 0.224 e. The molecule has 0 saturated heterocycles. The summed E-state index contributed by atoms with van der Waals surface area (Å²) in [5, 5.41) is 0. The molecule has 0 fully saturated rings. The number of allylic oxidation sites excluding steroid dienone is 1. The van der Waals surface area contributed by atoms with Gasteiger partial charge in [-0.15, -0.1) is 6.58 Å². The lowest BCUT2D eigenvalue weighted by molar-refractivity contribution is -0.323. The van der Waals surface area contributed by atoms with Crippen LogP contribution >= 0.6 is 0 Å². The van der Waals surface area contributed by atoms with Crippen LogP contribution in [0.1, 0.15) is 90.5 Å². The number of benzene rings is 1. The molecule has 0 bridgehead atoms. The first-order chi connectivity index (χ1) is 14.1. The third-order valence-corrected chi connectivity index (χ3v) is 5.60. The quantitative estimate of drug-likeness (QED) is 0.170. The van der Waals surface area contributed by atoms with E-state index in [4.69, 9.17) is 14.2 Å². The van der Waals surface area contributed by atoms with Gasteiger partial charge in [0.05, 0.1) is 0 Å². The van der Waals surface area contributed by atoms with Crippen LogP contribution in [-0.4, -0.2) is 26.9 Å². The van der Waals surface area contributed by atoms with Gasteiger partial charge in [0.25, 0.3) is 0 Å². The molecule has 1 unspecified atom stereocenters. The van der Waals surface area contributed by atoms with Crippen molar-refractivity contribution in [2.75, 3.05) is 21.3 Å². The van der Waals surface area contributed by atoms with Gasteiger partial charge < -0.3 is 14.2 Å². The summed E-state index contributed by atoms with van der Waals surface area (Å²) in [4.78, 5) is 0. The zero-order valence-electron chi connectivity index (χ0n) is 20.0. The summed E-state index contributed by atoms with van der Waals surface area (Å²) in [6.07, 6.45) is 13.4. The van der Waals surface area contributed by atoms with Crippen molar-refractivity contribution < 1.29 is 14.2 Å². The molecule has 0 radical (unpaired) electrons. The van der Waals surface area contributed by atoms with E-state index in [-0.39, 0.29) is 0 Å². The van der Waals surface area contributed by atoms with Gasteiger partial charge in [0.15, 0.2) is 0 Å². The molecule has 29 heavy (non-hydrogen) atoms. The Hall–Kier alpha value is -1.16. The van der Waals surface area contributed by atoms with E-state index in [1.807, 2.05) is 24.3 Å². The molecular formula is C26H46O3. The van der Waals surface area contributed by atoms with Crippen LogP contribution in [0.5, 0.6) is 0 Å². The largest absolute Gasteiger partial charge is 0.372 e. The monoisotopic (exact) mass is 406 g/mol. The van der Waals surface area contributed by atoms with Crippen LogP contribution in [0, 0.1) is 0 Å². The molecule has 0 aromatic heterocycles. The van der Waals surface area contributed by atoms with Gasteiger partial charge in [-0.1, -0.05) is 102 Å². The maximum atomic E-state index is 6.16. The molecule has 3 heteroatoms. The predicted molar refractivity (Wildman–Crippen MR) is 125 cm³/mol. The number of hydrogen-bond acceptors (Lipinski definition) is 3. The van der Waals surface area contributed by atoms with Gasteiger partial charge in [-0.2, -0.15) is 0 Å². The van der Waals surface area contributed by atoms with Gasteiger partial charge in [0.2, 0.25) is 5.79 Å². The highest BCUT2D eigenvalue weighted by Crippen LogP contribution is 2.45. The summed E-state index contributed by atoms with van der Waals surface area (Å²) in [6.45, 7) is 9.98. The molecule has 0 aliphatic heterocycles. The first-order valence-electron chi connectivity index (χ1n) is 11.4. The first kappa shape index (κ1) is 27.8. The molecule has 0 aliphatic carbocycles. The van der Waals surface area contributed by atoms with Gasteiger partial charge in [-0.25, -0.2) is 0 Å². The van der Waals surface area contributed by atoms with Crippen molar-refractivity contribution in [2.45, 2.75) is 96.4 Å². The summed E-state index contributed by atoms with van der Waals surface area (Å²) < 4.78 is 18.2. The summed E-state index contributed by atoms with van der Waals surface area (Å²) in [5.74, 6) is -0.886. The number of ether oxygens (including phenoxy) is 3. The average molecular weight is 407 g/mol. The van der Waals surface area contributed by atoms with Crippen LogP contribution in [0.2, 0.25) is 0 Å². The molecule has 0 saturated carbocycles. The topological polar surface area (TPSA) is 27.7 Å². The SMILES string of the molecule is C=CCC.CCCCCCCCC(CCC)(OC)C(OC)(OC)c1ccccc1. The van der Waals surface area contributed by atoms with Crippen LogP contribution in [0.15, 0.2) is 43.0 Å². The Morgan fingerprint density at radius 1 is 0.759 bits per heavy atom. The zero-order valence-corrected chi connectivity index (χ0v) is 20.0. The van der Waals surface area contributed by atoms with Crippen molar-refractivity contribution in [2.24, 2.45) is 0 Å². The van der Waals surface area contributed by atoms with E-state index in [2.05, 4.69) is 39.5 Å². The Kier molecular flexibility index (Phi) is 16.0. The molecule has 0 aliphatic rings. The lowest BCUT2D eigenvalue weighted by atomic mass is 9.79. The predicted octanol–water partition coefficient (Wildman–Crippen LogP) is 7.65. The molecular weight excluding hydrogens is 360 g/mol. The lowest BCUT2D eigenvalue weighted by Gasteiger charge is -2.48. The Bertz CT molecular complexity index is 496. The number of rotatable bonds is 15. The van der Waals surface area contributed by atoms with E-state index in [0.29, 0.717) is 0 Å². The Balaban J connectivity index is 0.00000178. The van der Waals surface area contributed by atoms with E-state index in [9.17, 15) is 0 Å². The minimum Gasteiger partial charge on any atom is -0.372 e. The van der Waals surface area contributed by atoms with Gasteiger partial charge in [-0.3, -0.25) is 0 Å². The second-order valence-electron chi connectivity index (χ2n) is 7.55. The molecule has 0 spiro atoms. The van der Waals surface area contributed by atoms with E-state index < -0.39 is 11.4 Å². The molecule has 0 amide bonds. The smallest absolute Gasteiger partial charge is 0.224 e. The van der Waals surface area contributed by atoms with Crippen molar-refractivity contribution in [1.82, 2.24) is 0 Å². The molecule has 1 rings (SSSR count). The van der Waals surface area contributed by atoms with Gasteiger partial charge in [0, 0.05) is 26.9 Å². The van der Waals surface area contributed by atoms with Gasteiger partial charge in [-0.05, 0) is 19.3 Å². The van der Waals surface area contributed by atoms with Crippen LogP contribution in [0.4, 0.5) is 0 Å². The summed E-state index contributed by atoms with van der Waals surface area (Å²) in [6, 6.07) is 10.2. The molecule has 1 aromatic carbocycles. The Morgan fingerprint density at radius 3 is 1.76 bits per heavy atom. The van der Waals surface area contributed by atoms with Crippen LogP contribution in [-0.2, 0) is 20.0 Å². The van der Waals surface area contributed by atoms with Crippen LogP contribution in [0.25, 0.3) is 0 Å². The van der Waals surface area contributed by atoms with Crippen molar-refractivity contribution in [1.29, 1.82) is 0 Å². The standard InChI is InChI=1S/C22H38O3.C4H8/c1-6-8-9-10-11-15-19-21(23-3,18-7-2)22(24-4,25-5)20-16-13-12-14-17-20;1-3-4-2/h12-14,16-17H,6-11,15,18-19H2,1-5H3;3H,1,4H2,2H3. The van der Waals surface area contributed by atoms with E-state index in [1.54, 1.807) is 21.3 Å². The Labute approximate surface area is 180 Å². The third kappa shape index (κ3) is 8.24. The number of methoxy groups -OCH3 is 3. The number of hydrogen-bond donors (Lipinski definition) is 0. The van der Waals surface area contributed by atoms with Gasteiger partial charge >= 0.3 is 0 Å². The highest BCUT2D eigenvalue weighted by molar-refractivity contribution is 5.24. The van der Waals surface area contributed by atoms with Crippen molar-refractivity contribution >= 4 is 0 Å². The van der Waals surface area contributed by atoms with E-state index in [1.165, 1.54) is 32.1 Å². The summed E-state index contributed by atoms with van der Waals surface area (Å²) >= 11 is 0. The van der Waals surface area contributed by atoms with Crippen molar-refractivity contribution in [3.05, 3.63) is 48.6 Å². The Morgan fingerprint density at radius 2 is 1.31 bits per heavy atom. The lowest BCUT2D eigenvalue weighted by Crippen LogP contribution is -2.55. The molecule has 1 aromatic rings. The normalized spacial score (nSPS) is 13.3. The molecule has 1 atom stereocenters. The molecule has 3 nitrogen and oxygen atoms in total. The minimum absolute atomic E-state index is 0.489. The molecule has 0 heterocycles. The fourth-order valence-electron chi connectivity index (χ4n) is 4.00. The van der Waals surface area contributed by atoms with Crippen LogP contribution < -0.4 is 0 Å². The fourth-order valence-corrected chi connectivity index (χ4v) is 4.00. The minimum atomic E-state index is -0.886. The molecule has 0 N–H and O–H groups in total. The fraction of sp³-hybridized carbons (Fsp3) is 0.692. The second kappa shape index (κ2) is 16.6.